The summed E-state index contributed by atoms with van der Waals surface area (Å²) in [5.74, 6) is 0.0594. The van der Waals surface area contributed by atoms with Gasteiger partial charge < -0.3 is 15.5 Å². The Labute approximate surface area is 164 Å². The Bertz CT molecular complexity index is 886. The van der Waals surface area contributed by atoms with E-state index in [4.69, 9.17) is 17.3 Å². The first-order chi connectivity index (χ1) is 13.1. The molecule has 0 spiro atoms. The van der Waals surface area contributed by atoms with Crippen LogP contribution in [-0.2, 0) is 0 Å². The number of rotatable bonds is 6. The van der Waals surface area contributed by atoms with E-state index in [0.29, 0.717) is 17.1 Å². The number of benzene rings is 1. The molecule has 2 aliphatic carbocycles. The van der Waals surface area contributed by atoms with E-state index >= 15 is 0 Å². The minimum Gasteiger partial charge on any atom is -0.390 e. The molecule has 2 N–H and O–H groups in total. The topological polar surface area (TPSA) is 61.9 Å². The third-order valence-corrected chi connectivity index (χ3v) is 5.85. The first-order valence-electron chi connectivity index (χ1n) is 9.20. The lowest BCUT2D eigenvalue weighted by Crippen LogP contribution is -2.34. The number of carbonyl (C=O) groups excluding carboxylic acids is 1. The molecule has 0 amide bonds. The molecule has 0 saturated carbocycles. The molecule has 1 aliphatic heterocycles. The van der Waals surface area contributed by atoms with Crippen molar-refractivity contribution in [2.45, 2.75) is 0 Å². The maximum absolute atomic E-state index is 13.1. The third-order valence-electron chi connectivity index (χ3n) is 5.54. The second-order valence-electron chi connectivity index (χ2n) is 7.14. The average molecular weight is 383 g/mol. The normalized spacial score (nSPS) is 22.9. The summed E-state index contributed by atoms with van der Waals surface area (Å²) >= 11 is 6.38. The van der Waals surface area contributed by atoms with Gasteiger partial charge in [0, 0.05) is 43.0 Å². The lowest BCUT2D eigenvalue weighted by atomic mass is 9.70. The molecular weight excluding hydrogens is 360 g/mol. The number of nitrogens with zero attached hydrogens (tertiary/aromatic N) is 3. The molecule has 1 heterocycles. The van der Waals surface area contributed by atoms with Crippen LogP contribution < -0.4 is 5.73 Å². The van der Waals surface area contributed by atoms with Gasteiger partial charge in [-0.2, -0.15) is 0 Å². The number of fused-ring (bicyclic) bond motifs is 2. The molecule has 3 aliphatic rings. The number of likely N-dealkylation sites (N-methyl/N-ethyl adjacent to an activating group) is 1. The van der Waals surface area contributed by atoms with Crippen molar-refractivity contribution in [3.63, 3.8) is 0 Å². The van der Waals surface area contributed by atoms with E-state index in [1.165, 1.54) is 17.6 Å². The molecule has 1 aromatic rings. The summed E-state index contributed by atoms with van der Waals surface area (Å²) in [4.78, 5) is 21.6. The predicted octanol–water partition coefficient (Wildman–Crippen LogP) is 2.80. The molecule has 2 unspecified atom stereocenters. The van der Waals surface area contributed by atoms with Gasteiger partial charge in [-0.25, -0.2) is 0 Å². The van der Waals surface area contributed by atoms with Gasteiger partial charge in [0.25, 0.3) is 0 Å². The number of allylic oxidation sites excluding steroid dienone is 4. The summed E-state index contributed by atoms with van der Waals surface area (Å²) < 4.78 is 0. The molecule has 0 fully saturated rings. The smallest absolute Gasteiger partial charge is 0.172 e. The van der Waals surface area contributed by atoms with Crippen LogP contribution >= 0.6 is 11.6 Å². The van der Waals surface area contributed by atoms with Crippen LogP contribution in [0.15, 0.2) is 53.3 Å². The van der Waals surface area contributed by atoms with Crippen molar-refractivity contribution in [1.82, 2.24) is 9.80 Å². The fraction of sp³-hybridized carbons (Fsp3) is 0.333. The quantitative estimate of drug-likeness (QED) is 0.607. The van der Waals surface area contributed by atoms with E-state index in [9.17, 15) is 4.79 Å². The van der Waals surface area contributed by atoms with Crippen LogP contribution in [0.25, 0.3) is 5.57 Å². The van der Waals surface area contributed by atoms with Crippen molar-refractivity contribution in [3.8, 4) is 0 Å². The largest absolute Gasteiger partial charge is 0.390 e. The minimum atomic E-state index is -0.162. The highest BCUT2D eigenvalue weighted by Gasteiger charge is 2.45. The van der Waals surface area contributed by atoms with E-state index in [0.717, 1.165) is 25.2 Å². The molecule has 0 radical (unpaired) electrons. The van der Waals surface area contributed by atoms with Crippen LogP contribution in [0, 0.1) is 11.8 Å². The maximum atomic E-state index is 13.1. The standard InChI is InChI=1S/C21H23ClN4O/c1-25(9-8-24-13-23)10-11-26-12-16-14-4-2-6-17(22)20(14)21(27)15-5-3-7-18(26)19(15)16/h2-7,12-13,15,19H,8-11H2,1H3,(H2,23,24). The lowest BCUT2D eigenvalue weighted by Gasteiger charge is -2.33. The monoisotopic (exact) mass is 382 g/mol. The number of hydrogen-bond acceptors (Lipinski definition) is 4. The predicted molar refractivity (Wildman–Crippen MR) is 110 cm³/mol. The molecular formula is C21H23ClN4O. The highest BCUT2D eigenvalue weighted by molar-refractivity contribution is 6.35. The Morgan fingerprint density at radius 2 is 2.22 bits per heavy atom. The van der Waals surface area contributed by atoms with E-state index in [1.54, 1.807) is 6.07 Å². The zero-order valence-electron chi connectivity index (χ0n) is 15.3. The first kappa shape index (κ1) is 18.0. The van der Waals surface area contributed by atoms with E-state index in [2.05, 4.69) is 34.1 Å². The Morgan fingerprint density at radius 1 is 1.37 bits per heavy atom. The van der Waals surface area contributed by atoms with E-state index < -0.39 is 0 Å². The number of carbonyl (C=O) groups is 1. The molecule has 140 valence electrons. The Morgan fingerprint density at radius 3 is 3.04 bits per heavy atom. The molecule has 5 nitrogen and oxygen atoms in total. The van der Waals surface area contributed by atoms with Gasteiger partial charge in [0.1, 0.15) is 0 Å². The summed E-state index contributed by atoms with van der Waals surface area (Å²) in [6.45, 7) is 3.32. The van der Waals surface area contributed by atoms with Gasteiger partial charge in [-0.15, -0.1) is 0 Å². The highest BCUT2D eigenvalue weighted by Crippen LogP contribution is 2.51. The Balaban J connectivity index is 1.60. The van der Waals surface area contributed by atoms with Crippen LogP contribution in [0.3, 0.4) is 0 Å². The second-order valence-corrected chi connectivity index (χ2v) is 7.55. The number of hydrogen-bond donors (Lipinski definition) is 1. The Hall–Kier alpha value is -2.37. The molecule has 27 heavy (non-hydrogen) atoms. The van der Waals surface area contributed by atoms with Crippen LogP contribution in [0.4, 0.5) is 0 Å². The minimum absolute atomic E-state index is 0.0978. The molecule has 4 rings (SSSR count). The fourth-order valence-electron chi connectivity index (χ4n) is 4.17. The Kier molecular flexibility index (Phi) is 4.89. The van der Waals surface area contributed by atoms with E-state index in [-0.39, 0.29) is 17.6 Å². The van der Waals surface area contributed by atoms with Gasteiger partial charge in [0.15, 0.2) is 5.78 Å². The van der Waals surface area contributed by atoms with Gasteiger partial charge in [-0.05, 0) is 30.3 Å². The van der Waals surface area contributed by atoms with Gasteiger partial charge in [-0.3, -0.25) is 9.79 Å². The zero-order valence-corrected chi connectivity index (χ0v) is 16.1. The number of nitrogens with two attached hydrogens (primary N) is 1. The summed E-state index contributed by atoms with van der Waals surface area (Å²) in [5, 5.41) is 0.542. The van der Waals surface area contributed by atoms with Gasteiger partial charge in [0.2, 0.25) is 0 Å². The summed E-state index contributed by atoms with van der Waals surface area (Å²) in [6.07, 6.45) is 9.69. The van der Waals surface area contributed by atoms with Crippen molar-refractivity contribution in [2.75, 3.05) is 33.2 Å². The highest BCUT2D eigenvalue weighted by atomic mass is 35.5. The molecule has 0 aromatic heterocycles. The molecule has 0 bridgehead atoms. The number of Topliss-reactive ketones (excluding diaryl/α,β-unsaturated/α-hetero) is 1. The van der Waals surface area contributed by atoms with Gasteiger partial charge in [0.05, 0.1) is 23.8 Å². The van der Waals surface area contributed by atoms with Crippen LogP contribution in [0.2, 0.25) is 5.02 Å². The number of halogens is 1. The third kappa shape index (κ3) is 3.11. The molecule has 0 saturated heterocycles. The second kappa shape index (κ2) is 7.33. The van der Waals surface area contributed by atoms with Crippen LogP contribution in [-0.4, -0.2) is 55.1 Å². The van der Waals surface area contributed by atoms with Crippen LogP contribution in [0.1, 0.15) is 15.9 Å². The van der Waals surface area contributed by atoms with Crippen molar-refractivity contribution in [2.24, 2.45) is 22.6 Å². The van der Waals surface area contributed by atoms with Crippen molar-refractivity contribution in [3.05, 3.63) is 64.5 Å². The first-order valence-corrected chi connectivity index (χ1v) is 9.58. The average Bonchev–Trinajstić information content (AvgIpc) is 3.04. The van der Waals surface area contributed by atoms with E-state index in [1.807, 2.05) is 24.3 Å². The maximum Gasteiger partial charge on any atom is 0.172 e. The number of aliphatic imine (C=N–C) groups is 1. The summed E-state index contributed by atoms with van der Waals surface area (Å²) in [6, 6.07) is 5.73. The molecule has 1 aromatic carbocycles. The van der Waals surface area contributed by atoms with Crippen molar-refractivity contribution >= 4 is 29.3 Å². The fourth-order valence-corrected chi connectivity index (χ4v) is 4.43. The lowest BCUT2D eigenvalue weighted by molar-refractivity contribution is 0.0922. The molecule has 6 heteroatoms. The summed E-state index contributed by atoms with van der Waals surface area (Å²) in [7, 11) is 2.08. The van der Waals surface area contributed by atoms with Crippen molar-refractivity contribution in [1.29, 1.82) is 0 Å². The SMILES string of the molecule is CN(CCN=CN)CCN1C=C2c3cccc(Cl)c3C(=O)C3C=CC=C1C23. The van der Waals surface area contributed by atoms with Crippen molar-refractivity contribution < 1.29 is 4.79 Å². The summed E-state index contributed by atoms with van der Waals surface area (Å²) in [5.41, 5.74) is 9.33. The van der Waals surface area contributed by atoms with Crippen LogP contribution in [0.5, 0.6) is 0 Å². The zero-order chi connectivity index (χ0) is 19.0. The van der Waals surface area contributed by atoms with Gasteiger partial charge in [-0.1, -0.05) is 35.9 Å². The molecule has 2 atom stereocenters. The van der Waals surface area contributed by atoms with Gasteiger partial charge >= 0.3 is 0 Å². The number of ketones is 1.